The summed E-state index contributed by atoms with van der Waals surface area (Å²) in [7, 11) is 0. The first kappa shape index (κ1) is 16.8. The van der Waals surface area contributed by atoms with E-state index in [4.69, 9.17) is 9.47 Å². The van der Waals surface area contributed by atoms with Gasteiger partial charge in [-0.1, -0.05) is 0 Å². The first-order chi connectivity index (χ1) is 12.6. The van der Waals surface area contributed by atoms with Crippen molar-refractivity contribution in [2.45, 2.75) is 0 Å². The van der Waals surface area contributed by atoms with E-state index in [0.717, 1.165) is 0 Å². The molecule has 0 bridgehead atoms. The van der Waals surface area contributed by atoms with E-state index in [0.29, 0.717) is 22.9 Å². The van der Waals surface area contributed by atoms with Crippen LogP contribution in [0.2, 0.25) is 0 Å². The first-order valence-corrected chi connectivity index (χ1v) is 7.39. The number of nitro benzene ring substituents is 1. The molecule has 0 radical (unpaired) electrons. The lowest BCUT2D eigenvalue weighted by Gasteiger charge is -2.06. The number of hydrogen-bond donors (Lipinski definition) is 2. The second-order valence-corrected chi connectivity index (χ2v) is 5.14. The van der Waals surface area contributed by atoms with Crippen LogP contribution in [0, 0.1) is 21.4 Å². The second-order valence-electron chi connectivity index (χ2n) is 5.14. The zero-order valence-corrected chi connectivity index (χ0v) is 13.3. The van der Waals surface area contributed by atoms with Crippen molar-refractivity contribution in [2.24, 2.45) is 0 Å². The smallest absolute Gasteiger partial charge is 0.269 e. The Morgan fingerprint density at radius 1 is 1.15 bits per heavy atom. The van der Waals surface area contributed by atoms with Gasteiger partial charge in [0, 0.05) is 35.8 Å². The van der Waals surface area contributed by atoms with Gasteiger partial charge in [-0.3, -0.25) is 14.9 Å². The molecule has 0 saturated carbocycles. The number of carbonyl (C=O) groups is 1. The molecule has 0 atom stereocenters. The number of benzene rings is 2. The summed E-state index contributed by atoms with van der Waals surface area (Å²) in [5.41, 5.74) is 0.694. The van der Waals surface area contributed by atoms with E-state index >= 15 is 0 Å². The van der Waals surface area contributed by atoms with Crippen molar-refractivity contribution in [3.05, 3.63) is 64.4 Å². The molecule has 130 valence electrons. The fourth-order valence-electron chi connectivity index (χ4n) is 2.16. The number of fused-ring (bicyclic) bond motifs is 1. The number of hydrogen-bond acceptors (Lipinski definition) is 7. The van der Waals surface area contributed by atoms with Gasteiger partial charge in [-0.25, -0.2) is 0 Å². The van der Waals surface area contributed by atoms with Crippen LogP contribution in [0.25, 0.3) is 0 Å². The number of nitriles is 1. The van der Waals surface area contributed by atoms with Crippen molar-refractivity contribution < 1.29 is 19.2 Å². The molecule has 1 aliphatic rings. The highest BCUT2D eigenvalue weighted by atomic mass is 16.7. The number of anilines is 2. The Labute approximate surface area is 147 Å². The van der Waals surface area contributed by atoms with E-state index in [9.17, 15) is 20.2 Å². The molecule has 26 heavy (non-hydrogen) atoms. The fourth-order valence-corrected chi connectivity index (χ4v) is 2.16. The van der Waals surface area contributed by atoms with E-state index in [1.807, 2.05) is 0 Å². The number of amides is 1. The summed E-state index contributed by atoms with van der Waals surface area (Å²) < 4.78 is 10.5. The van der Waals surface area contributed by atoms with Gasteiger partial charge in [0.1, 0.15) is 11.6 Å². The molecule has 3 rings (SSSR count). The van der Waals surface area contributed by atoms with Crippen molar-refractivity contribution >= 4 is 23.0 Å². The van der Waals surface area contributed by atoms with Gasteiger partial charge in [0.25, 0.3) is 11.6 Å². The quantitative estimate of drug-likeness (QED) is 0.366. The molecule has 0 aromatic heterocycles. The van der Waals surface area contributed by atoms with Crippen LogP contribution in [-0.4, -0.2) is 17.6 Å². The molecule has 0 aliphatic carbocycles. The summed E-state index contributed by atoms with van der Waals surface area (Å²) in [5.74, 6) is 0.544. The van der Waals surface area contributed by atoms with Gasteiger partial charge in [0.2, 0.25) is 6.79 Å². The SMILES string of the molecule is N#C/C(=C/Nc1ccc2c(c1)OCO2)C(=O)Nc1ccc([N+](=O)[O-])cc1. The Balaban J connectivity index is 1.67. The second kappa shape index (κ2) is 7.23. The Bertz CT molecular complexity index is 931. The number of ether oxygens (including phenoxy) is 2. The minimum absolute atomic E-state index is 0.0940. The van der Waals surface area contributed by atoms with Gasteiger partial charge < -0.3 is 20.1 Å². The zero-order chi connectivity index (χ0) is 18.5. The maximum absolute atomic E-state index is 12.2. The van der Waals surface area contributed by atoms with Gasteiger partial charge >= 0.3 is 0 Å². The number of carbonyl (C=O) groups excluding carboxylic acids is 1. The molecule has 0 fully saturated rings. The molecule has 0 saturated heterocycles. The van der Waals surface area contributed by atoms with E-state index < -0.39 is 10.8 Å². The third-order valence-corrected chi connectivity index (χ3v) is 3.46. The number of non-ortho nitro benzene ring substituents is 1. The largest absolute Gasteiger partial charge is 0.454 e. The third kappa shape index (κ3) is 3.70. The number of rotatable bonds is 5. The first-order valence-electron chi connectivity index (χ1n) is 7.39. The standard InChI is InChI=1S/C17H12N4O5/c18-8-11(9-19-13-3-6-15-16(7-13)26-10-25-15)17(22)20-12-1-4-14(5-2-12)21(23)24/h1-7,9,19H,10H2,(H,20,22)/b11-9-. The summed E-state index contributed by atoms with van der Waals surface area (Å²) in [6, 6.07) is 12.2. The molecule has 1 amide bonds. The predicted octanol–water partition coefficient (Wildman–Crippen LogP) is 2.78. The van der Waals surface area contributed by atoms with E-state index in [1.165, 1.54) is 30.5 Å². The Morgan fingerprint density at radius 2 is 1.85 bits per heavy atom. The van der Waals surface area contributed by atoms with Crippen LogP contribution in [0.15, 0.2) is 54.2 Å². The molecule has 9 nitrogen and oxygen atoms in total. The number of nitro groups is 1. The predicted molar refractivity (Wildman–Crippen MR) is 91.6 cm³/mol. The molecule has 1 aliphatic heterocycles. The van der Waals surface area contributed by atoms with Gasteiger partial charge in [-0.2, -0.15) is 5.26 Å². The van der Waals surface area contributed by atoms with Crippen LogP contribution in [0.1, 0.15) is 0 Å². The van der Waals surface area contributed by atoms with Crippen molar-refractivity contribution in [1.29, 1.82) is 5.26 Å². The molecule has 0 spiro atoms. The molecular formula is C17H12N4O5. The van der Waals surface area contributed by atoms with Crippen LogP contribution in [0.4, 0.5) is 17.1 Å². The van der Waals surface area contributed by atoms with E-state index in [2.05, 4.69) is 10.6 Å². The maximum atomic E-state index is 12.2. The van der Waals surface area contributed by atoms with Gasteiger partial charge in [-0.15, -0.1) is 0 Å². The molecule has 2 N–H and O–H groups in total. The Morgan fingerprint density at radius 3 is 2.54 bits per heavy atom. The van der Waals surface area contributed by atoms with Crippen molar-refractivity contribution in [2.75, 3.05) is 17.4 Å². The third-order valence-electron chi connectivity index (χ3n) is 3.46. The lowest BCUT2D eigenvalue weighted by molar-refractivity contribution is -0.384. The zero-order valence-electron chi connectivity index (χ0n) is 13.3. The van der Waals surface area contributed by atoms with E-state index in [1.54, 1.807) is 24.3 Å². The van der Waals surface area contributed by atoms with Gasteiger partial charge in [0.05, 0.1) is 4.92 Å². The average Bonchev–Trinajstić information content (AvgIpc) is 3.10. The van der Waals surface area contributed by atoms with Crippen LogP contribution in [-0.2, 0) is 4.79 Å². The monoisotopic (exact) mass is 352 g/mol. The molecule has 9 heteroatoms. The maximum Gasteiger partial charge on any atom is 0.269 e. The summed E-state index contributed by atoms with van der Waals surface area (Å²) >= 11 is 0. The molecule has 2 aromatic carbocycles. The van der Waals surface area contributed by atoms with Crippen LogP contribution < -0.4 is 20.1 Å². The van der Waals surface area contributed by atoms with Crippen molar-refractivity contribution in [1.82, 2.24) is 0 Å². The topological polar surface area (TPSA) is 127 Å². The molecule has 2 aromatic rings. The molecule has 1 heterocycles. The highest BCUT2D eigenvalue weighted by molar-refractivity contribution is 6.06. The highest BCUT2D eigenvalue weighted by Gasteiger charge is 2.14. The number of nitrogens with one attached hydrogen (secondary N) is 2. The highest BCUT2D eigenvalue weighted by Crippen LogP contribution is 2.34. The van der Waals surface area contributed by atoms with Crippen molar-refractivity contribution in [3.63, 3.8) is 0 Å². The average molecular weight is 352 g/mol. The van der Waals surface area contributed by atoms with Crippen LogP contribution >= 0.6 is 0 Å². The van der Waals surface area contributed by atoms with Gasteiger partial charge in [-0.05, 0) is 24.3 Å². The minimum atomic E-state index is -0.644. The molecule has 0 unspecified atom stereocenters. The summed E-state index contributed by atoms with van der Waals surface area (Å²) in [5, 5.41) is 25.1. The Hall–Kier alpha value is -4.06. The lowest BCUT2D eigenvalue weighted by Crippen LogP contribution is -2.14. The van der Waals surface area contributed by atoms with Crippen LogP contribution in [0.5, 0.6) is 11.5 Å². The van der Waals surface area contributed by atoms with Crippen LogP contribution in [0.3, 0.4) is 0 Å². The fraction of sp³-hybridized carbons (Fsp3) is 0.0588. The molecular weight excluding hydrogens is 340 g/mol. The van der Waals surface area contributed by atoms with E-state index in [-0.39, 0.29) is 18.1 Å². The Kier molecular flexibility index (Phi) is 4.67. The summed E-state index contributed by atoms with van der Waals surface area (Å²) in [6.45, 7) is 0.149. The summed E-state index contributed by atoms with van der Waals surface area (Å²) in [4.78, 5) is 22.2. The van der Waals surface area contributed by atoms with Crippen molar-refractivity contribution in [3.8, 4) is 17.6 Å². The number of nitrogens with zero attached hydrogens (tertiary/aromatic N) is 2. The summed E-state index contributed by atoms with van der Waals surface area (Å²) in [6.07, 6.45) is 1.26. The normalized spacial score (nSPS) is 12.2. The minimum Gasteiger partial charge on any atom is -0.454 e. The van der Waals surface area contributed by atoms with Gasteiger partial charge in [0.15, 0.2) is 11.5 Å². The lowest BCUT2D eigenvalue weighted by atomic mass is 10.2.